The van der Waals surface area contributed by atoms with Crippen molar-refractivity contribution in [3.05, 3.63) is 83.5 Å². The number of nitrogens with one attached hydrogen (secondary N) is 2. The first-order valence-electron chi connectivity index (χ1n) is 9.05. The number of amides is 2. The molecule has 30 heavy (non-hydrogen) atoms. The van der Waals surface area contributed by atoms with Gasteiger partial charge in [-0.1, -0.05) is 18.2 Å². The molecule has 0 unspecified atom stereocenters. The molecule has 2 aromatic carbocycles. The summed E-state index contributed by atoms with van der Waals surface area (Å²) in [7, 11) is 0. The molecule has 0 bridgehead atoms. The second kappa shape index (κ2) is 8.62. The van der Waals surface area contributed by atoms with Crippen LogP contribution in [0, 0.1) is 0 Å². The number of rotatable bonds is 6. The van der Waals surface area contributed by atoms with Crippen molar-refractivity contribution in [2.45, 2.75) is 6.61 Å². The van der Waals surface area contributed by atoms with Crippen LogP contribution >= 0.6 is 11.3 Å². The van der Waals surface area contributed by atoms with Crippen LogP contribution in [-0.2, 0) is 6.61 Å². The number of aromatic nitrogens is 1. The van der Waals surface area contributed by atoms with Crippen molar-refractivity contribution in [3.63, 3.8) is 0 Å². The number of thiophene rings is 1. The molecule has 4 rings (SSSR count). The highest BCUT2D eigenvalue weighted by Crippen LogP contribution is 2.30. The van der Waals surface area contributed by atoms with Crippen LogP contribution in [0.15, 0.2) is 72.9 Å². The predicted molar refractivity (Wildman–Crippen MR) is 116 cm³/mol. The number of ether oxygens (including phenoxy) is 1. The number of para-hydroxylation sites is 2. The summed E-state index contributed by atoms with van der Waals surface area (Å²) >= 11 is 1.35. The molecule has 0 aliphatic rings. The van der Waals surface area contributed by atoms with E-state index in [1.165, 1.54) is 11.3 Å². The lowest BCUT2D eigenvalue weighted by molar-refractivity contribution is 0.103. The van der Waals surface area contributed by atoms with Crippen LogP contribution in [0.1, 0.15) is 15.4 Å². The van der Waals surface area contributed by atoms with Crippen molar-refractivity contribution < 1.29 is 19.4 Å². The standard InChI is InChI=1S/C22H17N3O4S/c26-21(24-17-6-1-2-7-18(17)25-22(27)28)20-12-14-11-16(8-9-19(14)30-20)29-13-15-5-3-4-10-23-15/h1-12,25H,13H2,(H,24,26)(H,27,28). The van der Waals surface area contributed by atoms with E-state index in [1.54, 1.807) is 36.5 Å². The largest absolute Gasteiger partial charge is 0.487 e. The molecule has 0 atom stereocenters. The van der Waals surface area contributed by atoms with Gasteiger partial charge in [-0.05, 0) is 53.9 Å². The topological polar surface area (TPSA) is 101 Å². The van der Waals surface area contributed by atoms with Gasteiger partial charge in [-0.25, -0.2) is 4.79 Å². The number of hydrogen-bond acceptors (Lipinski definition) is 5. The fourth-order valence-corrected chi connectivity index (χ4v) is 3.80. The van der Waals surface area contributed by atoms with Gasteiger partial charge in [0.25, 0.3) is 5.91 Å². The Hall–Kier alpha value is -3.91. The highest BCUT2D eigenvalue weighted by Gasteiger charge is 2.14. The predicted octanol–water partition coefficient (Wildman–Crippen LogP) is 5.22. The molecule has 0 spiro atoms. The van der Waals surface area contributed by atoms with E-state index in [4.69, 9.17) is 9.84 Å². The van der Waals surface area contributed by atoms with E-state index in [9.17, 15) is 9.59 Å². The second-order valence-electron chi connectivity index (χ2n) is 6.35. The third kappa shape index (κ3) is 4.56. The quantitative estimate of drug-likeness (QED) is 0.398. The molecule has 2 aromatic heterocycles. The molecule has 2 amide bonds. The Kier molecular flexibility index (Phi) is 5.58. The fourth-order valence-electron chi connectivity index (χ4n) is 2.86. The van der Waals surface area contributed by atoms with Crippen LogP contribution < -0.4 is 15.4 Å². The smallest absolute Gasteiger partial charge is 0.409 e. The SMILES string of the molecule is O=C(O)Nc1ccccc1NC(=O)c1cc2cc(OCc3ccccn3)ccc2s1. The van der Waals surface area contributed by atoms with Gasteiger partial charge in [0, 0.05) is 10.9 Å². The average Bonchev–Trinajstić information content (AvgIpc) is 3.18. The Morgan fingerprint density at radius 2 is 1.73 bits per heavy atom. The molecule has 3 N–H and O–H groups in total. The van der Waals surface area contributed by atoms with Crippen molar-refractivity contribution in [3.8, 4) is 5.75 Å². The number of fused-ring (bicyclic) bond motifs is 1. The monoisotopic (exact) mass is 419 g/mol. The third-order valence-corrected chi connectivity index (χ3v) is 5.36. The van der Waals surface area contributed by atoms with Crippen LogP contribution in [0.4, 0.5) is 16.2 Å². The third-order valence-electron chi connectivity index (χ3n) is 4.24. The molecule has 0 aliphatic carbocycles. The molecule has 7 nitrogen and oxygen atoms in total. The number of benzene rings is 2. The summed E-state index contributed by atoms with van der Waals surface area (Å²) in [6, 6.07) is 19.7. The van der Waals surface area contributed by atoms with Crippen LogP contribution in [-0.4, -0.2) is 22.1 Å². The zero-order valence-electron chi connectivity index (χ0n) is 15.7. The first kappa shape index (κ1) is 19.4. The summed E-state index contributed by atoms with van der Waals surface area (Å²) in [4.78, 5) is 28.4. The van der Waals surface area contributed by atoms with Gasteiger partial charge in [0.2, 0.25) is 0 Å². The summed E-state index contributed by atoms with van der Waals surface area (Å²) in [5.41, 5.74) is 1.53. The molecule has 0 saturated heterocycles. The van der Waals surface area contributed by atoms with E-state index in [-0.39, 0.29) is 5.91 Å². The maximum Gasteiger partial charge on any atom is 0.409 e. The van der Waals surface area contributed by atoms with Gasteiger partial charge in [0.15, 0.2) is 0 Å². The van der Waals surface area contributed by atoms with Crippen molar-refractivity contribution >= 4 is 44.8 Å². The maximum absolute atomic E-state index is 12.7. The minimum atomic E-state index is -1.20. The molecule has 150 valence electrons. The molecule has 8 heteroatoms. The Labute approximate surface area is 176 Å². The Morgan fingerprint density at radius 1 is 0.967 bits per heavy atom. The number of nitrogens with zero attached hydrogens (tertiary/aromatic N) is 1. The Balaban J connectivity index is 1.49. The van der Waals surface area contributed by atoms with Crippen LogP contribution in [0.3, 0.4) is 0 Å². The first-order valence-corrected chi connectivity index (χ1v) is 9.87. The molecule has 4 aromatic rings. The van der Waals surface area contributed by atoms with E-state index in [0.717, 1.165) is 15.8 Å². The molecule has 0 fully saturated rings. The lowest BCUT2D eigenvalue weighted by atomic mass is 10.2. The van der Waals surface area contributed by atoms with Crippen molar-refractivity contribution in [1.29, 1.82) is 0 Å². The average molecular weight is 419 g/mol. The number of carbonyl (C=O) groups is 2. The van der Waals surface area contributed by atoms with Gasteiger partial charge in [-0.2, -0.15) is 0 Å². The molecule has 0 saturated carbocycles. The minimum absolute atomic E-state index is 0.310. The van der Waals surface area contributed by atoms with E-state index in [2.05, 4.69) is 15.6 Å². The van der Waals surface area contributed by atoms with E-state index >= 15 is 0 Å². The zero-order valence-corrected chi connectivity index (χ0v) is 16.5. The summed E-state index contributed by atoms with van der Waals surface area (Å²) in [6.07, 6.45) is 0.521. The molecule has 0 aliphatic heterocycles. The Bertz CT molecular complexity index is 1210. The van der Waals surface area contributed by atoms with Gasteiger partial charge in [-0.15, -0.1) is 11.3 Å². The number of pyridine rings is 1. The first-order chi connectivity index (χ1) is 14.6. The summed E-state index contributed by atoms with van der Waals surface area (Å²) in [5.74, 6) is 0.376. The summed E-state index contributed by atoms with van der Waals surface area (Å²) < 4.78 is 6.74. The number of hydrogen-bond donors (Lipinski definition) is 3. The maximum atomic E-state index is 12.7. The summed E-state index contributed by atoms with van der Waals surface area (Å²) in [5, 5.41) is 14.9. The van der Waals surface area contributed by atoms with Gasteiger partial charge in [-0.3, -0.25) is 15.1 Å². The zero-order chi connectivity index (χ0) is 20.9. The highest BCUT2D eigenvalue weighted by molar-refractivity contribution is 7.20. The highest BCUT2D eigenvalue weighted by atomic mass is 32.1. The van der Waals surface area contributed by atoms with Crippen molar-refractivity contribution in [2.75, 3.05) is 10.6 Å². The van der Waals surface area contributed by atoms with Crippen LogP contribution in [0.25, 0.3) is 10.1 Å². The van der Waals surface area contributed by atoms with E-state index in [0.29, 0.717) is 28.6 Å². The molecule has 0 radical (unpaired) electrons. The molecular formula is C22H17N3O4S. The minimum Gasteiger partial charge on any atom is -0.487 e. The summed E-state index contributed by atoms with van der Waals surface area (Å²) in [6.45, 7) is 0.358. The van der Waals surface area contributed by atoms with Gasteiger partial charge < -0.3 is 15.2 Å². The van der Waals surface area contributed by atoms with Crippen LogP contribution in [0.2, 0.25) is 0 Å². The molecule has 2 heterocycles. The van der Waals surface area contributed by atoms with E-state index in [1.807, 2.05) is 36.4 Å². The molecular weight excluding hydrogens is 402 g/mol. The normalized spacial score (nSPS) is 10.5. The van der Waals surface area contributed by atoms with Gasteiger partial charge >= 0.3 is 6.09 Å². The fraction of sp³-hybridized carbons (Fsp3) is 0.0455. The van der Waals surface area contributed by atoms with Gasteiger partial charge in [0.05, 0.1) is 21.9 Å². The lowest BCUT2D eigenvalue weighted by Crippen LogP contribution is -2.14. The van der Waals surface area contributed by atoms with Crippen LogP contribution in [0.5, 0.6) is 5.75 Å². The second-order valence-corrected chi connectivity index (χ2v) is 7.43. The van der Waals surface area contributed by atoms with Gasteiger partial charge in [0.1, 0.15) is 12.4 Å². The van der Waals surface area contributed by atoms with E-state index < -0.39 is 6.09 Å². The Morgan fingerprint density at radius 3 is 2.47 bits per heavy atom. The number of anilines is 2. The van der Waals surface area contributed by atoms with Crippen molar-refractivity contribution in [2.24, 2.45) is 0 Å². The van der Waals surface area contributed by atoms with Crippen molar-refractivity contribution in [1.82, 2.24) is 4.98 Å². The lowest BCUT2D eigenvalue weighted by Gasteiger charge is -2.09. The number of carbonyl (C=O) groups excluding carboxylic acids is 1. The number of carboxylic acid groups (broad SMARTS) is 1.